The summed E-state index contributed by atoms with van der Waals surface area (Å²) in [5.74, 6) is 0.325. The lowest BCUT2D eigenvalue weighted by molar-refractivity contribution is 0.602. The molecule has 0 saturated heterocycles. The highest BCUT2D eigenvalue weighted by atomic mass is 35.5. The Morgan fingerprint density at radius 1 is 1.16 bits per heavy atom. The molecule has 1 aliphatic rings. The van der Waals surface area contributed by atoms with Crippen LogP contribution < -0.4 is 5.01 Å². The number of para-hydroxylation sites is 1. The van der Waals surface area contributed by atoms with Gasteiger partial charge in [-0.15, -0.1) is 11.3 Å². The number of hydrogen-bond donors (Lipinski definition) is 0. The molecule has 2 atom stereocenters. The topological polar surface area (TPSA) is 15.6 Å². The first-order valence-electron chi connectivity index (χ1n) is 6.00. The number of nitrogens with zero attached hydrogens (tertiary/aromatic N) is 2. The van der Waals surface area contributed by atoms with Gasteiger partial charge in [-0.25, -0.2) is 0 Å². The van der Waals surface area contributed by atoms with E-state index in [1.165, 1.54) is 4.88 Å². The smallest absolute Gasteiger partial charge is 0.0943 e. The number of anilines is 1. The molecule has 0 spiro atoms. The second kappa shape index (κ2) is 5.16. The molecule has 0 amide bonds. The molecule has 5 heteroatoms. The predicted octanol–water partition coefficient (Wildman–Crippen LogP) is 5.24. The summed E-state index contributed by atoms with van der Waals surface area (Å²) in [6.07, 6.45) is 1.96. The molecule has 1 aromatic carbocycles. The molecule has 0 saturated carbocycles. The van der Waals surface area contributed by atoms with Crippen molar-refractivity contribution in [3.05, 3.63) is 50.6 Å². The highest BCUT2D eigenvalue weighted by molar-refractivity contribution is 7.16. The molecule has 0 fully saturated rings. The molecule has 0 aliphatic carbocycles. The normalized spacial score (nSPS) is 22.2. The second-order valence-electron chi connectivity index (χ2n) is 4.51. The van der Waals surface area contributed by atoms with Crippen molar-refractivity contribution in [2.45, 2.75) is 13.0 Å². The highest BCUT2D eigenvalue weighted by Crippen LogP contribution is 2.42. The lowest BCUT2D eigenvalue weighted by Gasteiger charge is -2.26. The van der Waals surface area contributed by atoms with Crippen LogP contribution in [0, 0.1) is 5.92 Å². The Kier molecular flexibility index (Phi) is 3.52. The number of hydrazone groups is 1. The fraction of sp³-hybridized carbons (Fsp3) is 0.214. The van der Waals surface area contributed by atoms with E-state index in [4.69, 9.17) is 23.2 Å². The third kappa shape index (κ3) is 2.38. The summed E-state index contributed by atoms with van der Waals surface area (Å²) < 4.78 is 0.799. The van der Waals surface area contributed by atoms with Crippen molar-refractivity contribution in [1.82, 2.24) is 0 Å². The van der Waals surface area contributed by atoms with Crippen LogP contribution in [-0.4, -0.2) is 6.21 Å². The van der Waals surface area contributed by atoms with Crippen LogP contribution in [0.5, 0.6) is 0 Å². The molecule has 2 aromatic rings. The van der Waals surface area contributed by atoms with E-state index in [1.807, 2.05) is 41.6 Å². The lowest BCUT2D eigenvalue weighted by Crippen LogP contribution is -2.22. The Morgan fingerprint density at radius 3 is 2.63 bits per heavy atom. The number of benzene rings is 1. The first-order valence-corrected chi connectivity index (χ1v) is 7.57. The van der Waals surface area contributed by atoms with Crippen molar-refractivity contribution in [3.63, 3.8) is 0 Å². The first kappa shape index (κ1) is 13.0. The maximum Gasteiger partial charge on any atom is 0.0943 e. The first-order chi connectivity index (χ1) is 9.16. The van der Waals surface area contributed by atoms with E-state index in [0.717, 1.165) is 10.0 Å². The molecule has 1 aromatic heterocycles. The van der Waals surface area contributed by atoms with Crippen LogP contribution in [-0.2, 0) is 0 Å². The maximum atomic E-state index is 6.27. The van der Waals surface area contributed by atoms with Gasteiger partial charge in [0.05, 0.1) is 21.1 Å². The Bertz CT molecular complexity index is 623. The largest absolute Gasteiger partial charge is 0.255 e. The minimum Gasteiger partial charge on any atom is -0.255 e. The van der Waals surface area contributed by atoms with Crippen LogP contribution in [0.15, 0.2) is 41.5 Å². The van der Waals surface area contributed by atoms with Crippen LogP contribution >= 0.6 is 34.5 Å². The van der Waals surface area contributed by atoms with Crippen molar-refractivity contribution >= 4 is 46.4 Å². The fourth-order valence-electron chi connectivity index (χ4n) is 2.27. The Morgan fingerprint density at radius 2 is 1.95 bits per heavy atom. The van der Waals surface area contributed by atoms with Gasteiger partial charge in [0.1, 0.15) is 0 Å². The molecule has 0 radical (unpaired) electrons. The van der Waals surface area contributed by atoms with Gasteiger partial charge in [0.15, 0.2) is 0 Å². The van der Waals surface area contributed by atoms with E-state index < -0.39 is 0 Å². The average molecular weight is 311 g/mol. The summed E-state index contributed by atoms with van der Waals surface area (Å²) in [5.41, 5.74) is 0.930. The third-order valence-corrected chi connectivity index (χ3v) is 4.79. The van der Waals surface area contributed by atoms with E-state index >= 15 is 0 Å². The van der Waals surface area contributed by atoms with E-state index in [9.17, 15) is 0 Å². The zero-order chi connectivity index (χ0) is 13.4. The Hall–Kier alpha value is -1.03. The van der Waals surface area contributed by atoms with Gasteiger partial charge in [-0.3, -0.25) is 5.01 Å². The molecule has 2 heterocycles. The summed E-state index contributed by atoms with van der Waals surface area (Å²) in [7, 11) is 0. The van der Waals surface area contributed by atoms with Gasteiger partial charge in [0.25, 0.3) is 0 Å². The van der Waals surface area contributed by atoms with Crippen LogP contribution in [0.3, 0.4) is 0 Å². The molecule has 98 valence electrons. The summed E-state index contributed by atoms with van der Waals surface area (Å²) in [4.78, 5) is 1.20. The molecular formula is C14H12Cl2N2S. The Labute approximate surface area is 126 Å². The standard InChI is InChI=1S/C14H12Cl2N2S/c1-9-8-17-18(11-5-3-2-4-10(11)15)14(9)12-6-7-13(16)19-12/h2-9,14H,1H3/t9-,14+/m1/s1. The number of halogens is 2. The maximum absolute atomic E-state index is 6.27. The highest BCUT2D eigenvalue weighted by Gasteiger charge is 2.32. The van der Waals surface area contributed by atoms with Gasteiger partial charge < -0.3 is 0 Å². The van der Waals surface area contributed by atoms with E-state index in [1.54, 1.807) is 11.3 Å². The van der Waals surface area contributed by atoms with Crippen LogP contribution in [0.1, 0.15) is 17.8 Å². The fourth-order valence-corrected chi connectivity index (χ4v) is 3.75. The number of hydrogen-bond acceptors (Lipinski definition) is 3. The zero-order valence-electron chi connectivity index (χ0n) is 10.3. The van der Waals surface area contributed by atoms with Crippen molar-refractivity contribution < 1.29 is 0 Å². The molecular weight excluding hydrogens is 299 g/mol. The average Bonchev–Trinajstić information content (AvgIpc) is 2.96. The molecule has 0 unspecified atom stereocenters. The van der Waals surface area contributed by atoms with Crippen molar-refractivity contribution in [2.24, 2.45) is 11.0 Å². The molecule has 3 rings (SSSR count). The van der Waals surface area contributed by atoms with Crippen molar-refractivity contribution in [3.8, 4) is 0 Å². The van der Waals surface area contributed by atoms with E-state index in [0.29, 0.717) is 10.9 Å². The summed E-state index contributed by atoms with van der Waals surface area (Å²) in [6.45, 7) is 2.15. The van der Waals surface area contributed by atoms with Crippen LogP contribution in [0.4, 0.5) is 5.69 Å². The number of rotatable bonds is 2. The second-order valence-corrected chi connectivity index (χ2v) is 6.66. The van der Waals surface area contributed by atoms with Crippen LogP contribution in [0.25, 0.3) is 0 Å². The molecule has 0 bridgehead atoms. The van der Waals surface area contributed by atoms with E-state index in [-0.39, 0.29) is 6.04 Å². The molecule has 0 N–H and O–H groups in total. The third-order valence-electron chi connectivity index (χ3n) is 3.17. The van der Waals surface area contributed by atoms with Crippen molar-refractivity contribution in [2.75, 3.05) is 5.01 Å². The molecule has 19 heavy (non-hydrogen) atoms. The van der Waals surface area contributed by atoms with Gasteiger partial charge in [0, 0.05) is 17.0 Å². The minimum atomic E-state index is 0.164. The lowest BCUT2D eigenvalue weighted by atomic mass is 10.0. The summed E-state index contributed by atoms with van der Waals surface area (Å²) in [5, 5.41) is 7.19. The van der Waals surface area contributed by atoms with Crippen LogP contribution in [0.2, 0.25) is 9.36 Å². The van der Waals surface area contributed by atoms with Gasteiger partial charge in [-0.05, 0) is 24.3 Å². The SMILES string of the molecule is C[C@@H]1C=NN(c2ccccc2Cl)[C@@H]1c1ccc(Cl)s1. The van der Waals surface area contributed by atoms with Gasteiger partial charge >= 0.3 is 0 Å². The number of thiophene rings is 1. The van der Waals surface area contributed by atoms with Gasteiger partial charge in [-0.1, -0.05) is 42.3 Å². The predicted molar refractivity (Wildman–Crippen MR) is 83.7 cm³/mol. The molecule has 2 nitrogen and oxygen atoms in total. The van der Waals surface area contributed by atoms with Gasteiger partial charge in [0.2, 0.25) is 0 Å². The van der Waals surface area contributed by atoms with E-state index in [2.05, 4.69) is 18.1 Å². The van der Waals surface area contributed by atoms with Crippen molar-refractivity contribution in [1.29, 1.82) is 0 Å². The summed E-state index contributed by atoms with van der Waals surface area (Å²) in [6, 6.07) is 11.9. The monoisotopic (exact) mass is 310 g/mol. The zero-order valence-corrected chi connectivity index (χ0v) is 12.6. The van der Waals surface area contributed by atoms with Gasteiger partial charge in [-0.2, -0.15) is 5.10 Å². The Balaban J connectivity index is 2.01. The molecule has 1 aliphatic heterocycles. The minimum absolute atomic E-state index is 0.164. The summed E-state index contributed by atoms with van der Waals surface area (Å²) >= 11 is 13.9. The quantitative estimate of drug-likeness (QED) is 0.740.